The molecule has 12 heteroatoms. The third-order valence-corrected chi connectivity index (χ3v) is 6.82. The van der Waals surface area contributed by atoms with Crippen LogP contribution in [0.25, 0.3) is 22.2 Å². The van der Waals surface area contributed by atoms with E-state index in [2.05, 4.69) is 30.6 Å². The molecule has 42 heavy (non-hydrogen) atoms. The predicted octanol–water partition coefficient (Wildman–Crippen LogP) is 4.13. The first-order valence-corrected chi connectivity index (χ1v) is 12.9. The fourth-order valence-electron chi connectivity index (χ4n) is 4.65. The molecule has 11 nitrogen and oxygen atoms in total. The number of carbonyl (C=O) groups is 2. The number of hydrogen-bond acceptors (Lipinski definition) is 8. The minimum absolute atomic E-state index is 0.0953. The summed E-state index contributed by atoms with van der Waals surface area (Å²) < 4.78 is 13.4. The maximum absolute atomic E-state index is 13.4. The number of pyridine rings is 1. The molecule has 0 aliphatic heterocycles. The summed E-state index contributed by atoms with van der Waals surface area (Å²) in [6.45, 7) is 1.75. The summed E-state index contributed by atoms with van der Waals surface area (Å²) >= 11 is 0. The number of nitrogens with two attached hydrogens (primary N) is 2. The number of nitrogens with one attached hydrogen (secondary N) is 3. The zero-order chi connectivity index (χ0) is 29.8. The van der Waals surface area contributed by atoms with Gasteiger partial charge in [-0.2, -0.15) is 5.26 Å². The number of primary amides is 1. The molecule has 3 heterocycles. The van der Waals surface area contributed by atoms with E-state index in [0.717, 1.165) is 11.1 Å². The van der Waals surface area contributed by atoms with Gasteiger partial charge in [0.25, 0.3) is 5.91 Å². The lowest BCUT2D eigenvalue weighted by Gasteiger charge is -2.21. The van der Waals surface area contributed by atoms with Gasteiger partial charge in [-0.3, -0.25) is 9.59 Å². The molecule has 7 N–H and O–H groups in total. The minimum Gasteiger partial charge on any atom is -0.383 e. The largest absolute Gasteiger partial charge is 0.383 e. The Kier molecular flexibility index (Phi) is 7.74. The maximum Gasteiger partial charge on any atom is 0.255 e. The van der Waals surface area contributed by atoms with Crippen LogP contribution in [-0.4, -0.2) is 31.8 Å². The first-order valence-electron chi connectivity index (χ1n) is 12.9. The second-order valence-electron chi connectivity index (χ2n) is 9.65. The van der Waals surface area contributed by atoms with E-state index in [1.165, 1.54) is 30.7 Å². The summed E-state index contributed by atoms with van der Waals surface area (Å²) in [6, 6.07) is 15.5. The van der Waals surface area contributed by atoms with E-state index < -0.39 is 23.9 Å². The SMILES string of the molecule is C[C@H](NC(=O)c1cc(C#N)cnc1N[C@H](CC(N)=O)c1ccc(-c2c[nH]c3ncnc(N)c23)cc1)c1ccc(F)cc1. The van der Waals surface area contributed by atoms with E-state index in [9.17, 15) is 19.2 Å². The topological polar surface area (TPSA) is 188 Å². The smallest absolute Gasteiger partial charge is 0.255 e. The van der Waals surface area contributed by atoms with Crippen LogP contribution in [0, 0.1) is 17.1 Å². The Morgan fingerprint density at radius 2 is 1.79 bits per heavy atom. The highest BCUT2D eigenvalue weighted by Crippen LogP contribution is 2.32. The Hall–Kier alpha value is -5.83. The van der Waals surface area contributed by atoms with Crippen molar-refractivity contribution in [2.75, 3.05) is 11.1 Å². The molecular weight excluding hydrogens is 537 g/mol. The van der Waals surface area contributed by atoms with E-state index in [1.54, 1.807) is 25.3 Å². The van der Waals surface area contributed by atoms with Gasteiger partial charge in [0, 0.05) is 18.0 Å². The van der Waals surface area contributed by atoms with Crippen molar-refractivity contribution >= 4 is 34.5 Å². The van der Waals surface area contributed by atoms with Crippen LogP contribution in [0.4, 0.5) is 16.0 Å². The van der Waals surface area contributed by atoms with Crippen molar-refractivity contribution in [1.29, 1.82) is 5.26 Å². The molecule has 5 rings (SSSR count). The van der Waals surface area contributed by atoms with Gasteiger partial charge in [-0.15, -0.1) is 0 Å². The number of nitrogens with zero attached hydrogens (tertiary/aromatic N) is 4. The first kappa shape index (κ1) is 27.7. The van der Waals surface area contributed by atoms with Crippen molar-refractivity contribution in [3.63, 3.8) is 0 Å². The molecule has 0 bridgehead atoms. The van der Waals surface area contributed by atoms with Crippen LogP contribution in [0.15, 0.2) is 73.3 Å². The quantitative estimate of drug-likeness (QED) is 0.177. The maximum atomic E-state index is 13.4. The molecule has 3 aromatic heterocycles. The molecule has 0 spiro atoms. The van der Waals surface area contributed by atoms with Crippen LogP contribution in [0.2, 0.25) is 0 Å². The van der Waals surface area contributed by atoms with Gasteiger partial charge in [0.2, 0.25) is 5.91 Å². The van der Waals surface area contributed by atoms with Crippen molar-refractivity contribution in [3.8, 4) is 17.2 Å². The van der Waals surface area contributed by atoms with E-state index in [4.69, 9.17) is 11.5 Å². The van der Waals surface area contributed by atoms with Crippen molar-refractivity contribution < 1.29 is 14.0 Å². The number of carbonyl (C=O) groups excluding carboxylic acids is 2. The monoisotopic (exact) mass is 563 g/mol. The average Bonchev–Trinajstić information content (AvgIpc) is 3.43. The number of amides is 2. The van der Waals surface area contributed by atoms with Crippen LogP contribution in [0.1, 0.15) is 52.5 Å². The Balaban J connectivity index is 1.43. The molecule has 5 aromatic rings. The number of halogens is 1. The number of hydrogen-bond donors (Lipinski definition) is 5. The number of aromatic nitrogens is 4. The summed E-state index contributed by atoms with van der Waals surface area (Å²) in [4.78, 5) is 41.1. The van der Waals surface area contributed by atoms with Gasteiger partial charge in [0.05, 0.1) is 35.0 Å². The van der Waals surface area contributed by atoms with Gasteiger partial charge >= 0.3 is 0 Å². The Bertz CT molecular complexity index is 1810. The molecule has 2 amide bonds. The van der Waals surface area contributed by atoms with Crippen LogP contribution in [0.5, 0.6) is 0 Å². The third kappa shape index (κ3) is 5.85. The number of nitriles is 1. The molecule has 2 aromatic carbocycles. The van der Waals surface area contributed by atoms with Crippen LogP contribution < -0.4 is 22.1 Å². The molecule has 210 valence electrons. The highest BCUT2D eigenvalue weighted by Gasteiger charge is 2.22. The van der Waals surface area contributed by atoms with Gasteiger partial charge in [-0.05, 0) is 41.8 Å². The molecule has 0 radical (unpaired) electrons. The molecule has 2 atom stereocenters. The molecule has 0 fully saturated rings. The summed E-state index contributed by atoms with van der Waals surface area (Å²) in [5, 5.41) is 16.1. The number of aromatic amines is 1. The highest BCUT2D eigenvalue weighted by molar-refractivity contribution is 6.00. The molecule has 0 saturated heterocycles. The molecule has 0 saturated carbocycles. The molecule has 0 unspecified atom stereocenters. The molecule has 0 aliphatic carbocycles. The van der Waals surface area contributed by atoms with Gasteiger partial charge < -0.3 is 27.1 Å². The normalized spacial score (nSPS) is 12.3. The average molecular weight is 564 g/mol. The summed E-state index contributed by atoms with van der Waals surface area (Å²) in [6.07, 6.45) is 4.41. The van der Waals surface area contributed by atoms with Crippen molar-refractivity contribution in [1.82, 2.24) is 25.3 Å². The molecular formula is C30H26FN9O2. The number of fused-ring (bicyclic) bond motifs is 1. The number of H-pyrrole nitrogens is 1. The Labute approximate surface area is 239 Å². The van der Waals surface area contributed by atoms with E-state index in [1.807, 2.05) is 30.3 Å². The van der Waals surface area contributed by atoms with E-state index in [0.29, 0.717) is 28.0 Å². The fourth-order valence-corrected chi connectivity index (χ4v) is 4.65. The molecule has 0 aliphatic rings. The standard InChI is InChI=1S/C30H26FN9O2/c1-16(18-6-8-21(31)9-7-18)39-30(42)22-10-17(12-32)13-35-28(22)40-24(11-25(33)41)20-4-2-19(3-5-20)23-14-36-29-26(23)27(34)37-15-38-29/h2-10,13-16,24H,11H2,1H3,(H2,33,41)(H,35,40)(H,39,42)(H3,34,36,37,38)/t16-,24+/m0/s1. The number of nitrogen functional groups attached to an aromatic ring is 1. The van der Waals surface area contributed by atoms with E-state index >= 15 is 0 Å². The lowest BCUT2D eigenvalue weighted by atomic mass is 9.98. The summed E-state index contributed by atoms with van der Waals surface area (Å²) in [7, 11) is 0. The van der Waals surface area contributed by atoms with Gasteiger partial charge in [0.1, 0.15) is 35.5 Å². The minimum atomic E-state index is -0.644. The first-order chi connectivity index (χ1) is 20.2. The van der Waals surface area contributed by atoms with Gasteiger partial charge in [-0.25, -0.2) is 19.3 Å². The van der Waals surface area contributed by atoms with Crippen molar-refractivity contribution in [2.45, 2.75) is 25.4 Å². The Morgan fingerprint density at radius 3 is 2.48 bits per heavy atom. The number of anilines is 2. The van der Waals surface area contributed by atoms with Crippen LogP contribution in [0.3, 0.4) is 0 Å². The zero-order valence-electron chi connectivity index (χ0n) is 22.4. The Morgan fingerprint density at radius 1 is 1.07 bits per heavy atom. The second-order valence-corrected chi connectivity index (χ2v) is 9.65. The van der Waals surface area contributed by atoms with Crippen LogP contribution >= 0.6 is 0 Å². The van der Waals surface area contributed by atoms with Crippen LogP contribution in [-0.2, 0) is 4.79 Å². The summed E-state index contributed by atoms with van der Waals surface area (Å²) in [5.41, 5.74) is 15.6. The highest BCUT2D eigenvalue weighted by atomic mass is 19.1. The lowest BCUT2D eigenvalue weighted by molar-refractivity contribution is -0.118. The van der Waals surface area contributed by atoms with Gasteiger partial charge in [-0.1, -0.05) is 36.4 Å². The summed E-state index contributed by atoms with van der Waals surface area (Å²) in [5.74, 6) is -0.952. The van der Waals surface area contributed by atoms with E-state index in [-0.39, 0.29) is 29.2 Å². The zero-order valence-corrected chi connectivity index (χ0v) is 22.4. The van der Waals surface area contributed by atoms with Crippen molar-refractivity contribution in [2.24, 2.45) is 5.73 Å². The second kappa shape index (κ2) is 11.7. The van der Waals surface area contributed by atoms with Gasteiger partial charge in [0.15, 0.2) is 0 Å². The number of benzene rings is 2. The van der Waals surface area contributed by atoms with Crippen molar-refractivity contribution in [3.05, 3.63) is 101 Å². The number of rotatable bonds is 9. The lowest BCUT2D eigenvalue weighted by Crippen LogP contribution is -2.29. The fraction of sp³-hybridized carbons (Fsp3) is 0.133. The third-order valence-electron chi connectivity index (χ3n) is 6.82. The predicted molar refractivity (Wildman–Crippen MR) is 155 cm³/mol.